The first-order chi connectivity index (χ1) is 7.21. The highest BCUT2D eigenvalue weighted by Crippen LogP contribution is 2.38. The molecule has 2 aromatic rings. The van der Waals surface area contributed by atoms with E-state index in [1.807, 2.05) is 6.07 Å². The SMILES string of the molecule is NC1(c2ncc3cccc(F)n23)CCC1. The molecule has 1 aliphatic rings. The highest BCUT2D eigenvalue weighted by atomic mass is 19.1. The summed E-state index contributed by atoms with van der Waals surface area (Å²) >= 11 is 0. The first kappa shape index (κ1) is 8.85. The van der Waals surface area contributed by atoms with Gasteiger partial charge >= 0.3 is 0 Å². The van der Waals surface area contributed by atoms with Gasteiger partial charge in [0.25, 0.3) is 0 Å². The van der Waals surface area contributed by atoms with Crippen molar-refractivity contribution < 1.29 is 4.39 Å². The predicted molar refractivity (Wildman–Crippen MR) is 54.9 cm³/mol. The predicted octanol–water partition coefficient (Wildman–Crippen LogP) is 1.81. The lowest BCUT2D eigenvalue weighted by atomic mass is 9.77. The Labute approximate surface area is 86.7 Å². The Morgan fingerprint density at radius 1 is 1.40 bits per heavy atom. The van der Waals surface area contributed by atoms with Gasteiger partial charge in [0, 0.05) is 0 Å². The second-order valence-electron chi connectivity index (χ2n) is 4.20. The Morgan fingerprint density at radius 2 is 2.20 bits per heavy atom. The molecule has 2 aromatic heterocycles. The van der Waals surface area contributed by atoms with Crippen LogP contribution >= 0.6 is 0 Å². The first-order valence-electron chi connectivity index (χ1n) is 5.12. The van der Waals surface area contributed by atoms with E-state index in [1.54, 1.807) is 12.3 Å². The van der Waals surface area contributed by atoms with Gasteiger partial charge in [-0.1, -0.05) is 6.07 Å². The number of nitrogens with two attached hydrogens (primary N) is 1. The Balaban J connectivity index is 2.27. The number of aromatic nitrogens is 2. The Kier molecular flexibility index (Phi) is 1.65. The third-order valence-corrected chi connectivity index (χ3v) is 3.19. The van der Waals surface area contributed by atoms with Crippen LogP contribution in [0.5, 0.6) is 0 Å². The van der Waals surface area contributed by atoms with Crippen LogP contribution in [0.4, 0.5) is 4.39 Å². The molecule has 0 aromatic carbocycles. The summed E-state index contributed by atoms with van der Waals surface area (Å²) < 4.78 is 15.2. The van der Waals surface area contributed by atoms with Crippen molar-refractivity contribution in [2.24, 2.45) is 5.73 Å². The van der Waals surface area contributed by atoms with Crippen LogP contribution in [0.1, 0.15) is 25.1 Å². The molecule has 4 heteroatoms. The van der Waals surface area contributed by atoms with Gasteiger partial charge < -0.3 is 5.73 Å². The Morgan fingerprint density at radius 3 is 2.87 bits per heavy atom. The minimum atomic E-state index is -0.422. The Hall–Kier alpha value is -1.42. The van der Waals surface area contributed by atoms with E-state index in [-0.39, 0.29) is 5.95 Å². The van der Waals surface area contributed by atoms with E-state index >= 15 is 0 Å². The van der Waals surface area contributed by atoms with Crippen LogP contribution in [0.2, 0.25) is 0 Å². The van der Waals surface area contributed by atoms with Crippen LogP contribution in [0.3, 0.4) is 0 Å². The average molecular weight is 205 g/mol. The topological polar surface area (TPSA) is 43.3 Å². The van der Waals surface area contributed by atoms with Crippen LogP contribution in [0, 0.1) is 5.95 Å². The largest absolute Gasteiger partial charge is 0.319 e. The lowest BCUT2D eigenvalue weighted by Gasteiger charge is -2.36. The van der Waals surface area contributed by atoms with Crippen LogP contribution in [0.25, 0.3) is 5.52 Å². The number of hydrogen-bond donors (Lipinski definition) is 1. The fourth-order valence-electron chi connectivity index (χ4n) is 2.14. The van der Waals surface area contributed by atoms with Crippen molar-refractivity contribution in [3.8, 4) is 0 Å². The molecule has 3 rings (SSSR count). The van der Waals surface area contributed by atoms with E-state index < -0.39 is 5.54 Å². The molecule has 3 nitrogen and oxygen atoms in total. The van der Waals surface area contributed by atoms with Crippen molar-refractivity contribution in [1.82, 2.24) is 9.38 Å². The third kappa shape index (κ3) is 1.11. The maximum absolute atomic E-state index is 13.6. The van der Waals surface area contributed by atoms with Crippen LogP contribution in [-0.4, -0.2) is 9.38 Å². The second kappa shape index (κ2) is 2.79. The molecule has 1 aliphatic carbocycles. The second-order valence-corrected chi connectivity index (χ2v) is 4.20. The fraction of sp³-hybridized carbons (Fsp3) is 0.364. The zero-order valence-electron chi connectivity index (χ0n) is 8.28. The van der Waals surface area contributed by atoms with E-state index in [1.165, 1.54) is 10.5 Å². The van der Waals surface area contributed by atoms with Crippen LogP contribution in [-0.2, 0) is 5.54 Å². The van der Waals surface area contributed by atoms with Gasteiger partial charge in [-0.3, -0.25) is 4.40 Å². The molecule has 0 bridgehead atoms. The number of rotatable bonds is 1. The highest BCUT2D eigenvalue weighted by Gasteiger charge is 2.38. The lowest BCUT2D eigenvalue weighted by Crippen LogP contribution is -2.45. The zero-order valence-corrected chi connectivity index (χ0v) is 8.28. The number of nitrogens with zero attached hydrogens (tertiary/aromatic N) is 2. The molecule has 0 atom stereocenters. The normalized spacial score (nSPS) is 19.1. The maximum Gasteiger partial charge on any atom is 0.199 e. The van der Waals surface area contributed by atoms with Crippen molar-refractivity contribution in [2.45, 2.75) is 24.8 Å². The molecule has 0 unspecified atom stereocenters. The van der Waals surface area contributed by atoms with E-state index in [0.717, 1.165) is 24.8 Å². The minimum Gasteiger partial charge on any atom is -0.319 e. The van der Waals surface area contributed by atoms with Crippen molar-refractivity contribution in [3.05, 3.63) is 36.2 Å². The number of hydrogen-bond acceptors (Lipinski definition) is 2. The van der Waals surface area contributed by atoms with Gasteiger partial charge in [0.1, 0.15) is 5.82 Å². The van der Waals surface area contributed by atoms with Crippen LogP contribution < -0.4 is 5.73 Å². The fourth-order valence-corrected chi connectivity index (χ4v) is 2.14. The van der Waals surface area contributed by atoms with Crippen molar-refractivity contribution in [2.75, 3.05) is 0 Å². The van der Waals surface area contributed by atoms with Gasteiger partial charge in [-0.25, -0.2) is 4.98 Å². The molecule has 0 spiro atoms. The monoisotopic (exact) mass is 205 g/mol. The lowest BCUT2D eigenvalue weighted by molar-refractivity contribution is 0.234. The molecule has 0 amide bonds. The van der Waals surface area contributed by atoms with Crippen molar-refractivity contribution in [1.29, 1.82) is 0 Å². The molecule has 2 heterocycles. The summed E-state index contributed by atoms with van der Waals surface area (Å²) in [6.07, 6.45) is 4.55. The number of halogens is 1. The number of pyridine rings is 1. The van der Waals surface area contributed by atoms with Crippen LogP contribution in [0.15, 0.2) is 24.4 Å². The molecule has 2 N–H and O–H groups in total. The van der Waals surface area contributed by atoms with Gasteiger partial charge in [0.05, 0.1) is 17.3 Å². The summed E-state index contributed by atoms with van der Waals surface area (Å²) in [5.74, 6) is 0.360. The highest BCUT2D eigenvalue weighted by molar-refractivity contribution is 5.47. The summed E-state index contributed by atoms with van der Waals surface area (Å²) in [6, 6.07) is 4.95. The maximum atomic E-state index is 13.6. The van der Waals surface area contributed by atoms with E-state index in [2.05, 4.69) is 4.98 Å². The quantitative estimate of drug-likeness (QED) is 0.721. The zero-order chi connectivity index (χ0) is 10.5. The minimum absolute atomic E-state index is 0.295. The van der Waals surface area contributed by atoms with Gasteiger partial charge in [-0.05, 0) is 31.4 Å². The standard InChI is InChI=1S/C11H12FN3/c12-9-4-1-3-8-7-14-10(15(8)9)11(13)5-2-6-11/h1,3-4,7H,2,5-6,13H2. The van der Waals surface area contributed by atoms with Gasteiger partial charge in [0.15, 0.2) is 5.95 Å². The molecule has 78 valence electrons. The molecule has 0 aliphatic heterocycles. The molecule has 0 radical (unpaired) electrons. The smallest absolute Gasteiger partial charge is 0.199 e. The summed E-state index contributed by atoms with van der Waals surface area (Å²) in [7, 11) is 0. The summed E-state index contributed by atoms with van der Waals surface area (Å²) in [5, 5.41) is 0. The Bertz CT molecular complexity index is 514. The van der Waals surface area contributed by atoms with Crippen molar-refractivity contribution in [3.63, 3.8) is 0 Å². The van der Waals surface area contributed by atoms with Crippen molar-refractivity contribution >= 4 is 5.52 Å². The molecule has 1 fully saturated rings. The van der Waals surface area contributed by atoms with Gasteiger partial charge in [-0.2, -0.15) is 4.39 Å². The summed E-state index contributed by atoms with van der Waals surface area (Å²) in [5.41, 5.74) is 6.50. The number of fused-ring (bicyclic) bond motifs is 1. The van der Waals surface area contributed by atoms with Gasteiger partial charge in [-0.15, -0.1) is 0 Å². The molecule has 0 saturated heterocycles. The van der Waals surface area contributed by atoms with E-state index in [4.69, 9.17) is 5.73 Å². The first-order valence-corrected chi connectivity index (χ1v) is 5.12. The molecular formula is C11H12FN3. The third-order valence-electron chi connectivity index (χ3n) is 3.19. The summed E-state index contributed by atoms with van der Waals surface area (Å²) in [6.45, 7) is 0. The molecular weight excluding hydrogens is 193 g/mol. The molecule has 1 saturated carbocycles. The summed E-state index contributed by atoms with van der Waals surface area (Å²) in [4.78, 5) is 4.25. The molecule has 15 heavy (non-hydrogen) atoms. The average Bonchev–Trinajstić information content (AvgIpc) is 2.60. The van der Waals surface area contributed by atoms with E-state index in [0.29, 0.717) is 5.82 Å². The van der Waals surface area contributed by atoms with Gasteiger partial charge in [0.2, 0.25) is 0 Å². The van der Waals surface area contributed by atoms with E-state index in [9.17, 15) is 4.39 Å². The number of imidazole rings is 1.